The molecule has 0 aliphatic carbocycles. The van der Waals surface area contributed by atoms with Crippen molar-refractivity contribution in [1.29, 1.82) is 0 Å². The molecule has 1 aromatic heterocycles. The first kappa shape index (κ1) is 17.5. The molecule has 132 valence electrons. The Balaban J connectivity index is 2.07. The van der Waals surface area contributed by atoms with Gasteiger partial charge in [0.2, 0.25) is 5.88 Å². The lowest BCUT2D eigenvalue weighted by Gasteiger charge is -2.09. The van der Waals surface area contributed by atoms with E-state index in [1.54, 1.807) is 49.6 Å². The summed E-state index contributed by atoms with van der Waals surface area (Å²) in [5.74, 6) is 0.137. The van der Waals surface area contributed by atoms with Crippen LogP contribution >= 0.6 is 11.6 Å². The summed E-state index contributed by atoms with van der Waals surface area (Å²) in [5.41, 5.74) is -0.819. The Hall–Kier alpha value is -3.32. The zero-order valence-corrected chi connectivity index (χ0v) is 14.4. The number of hydrogen-bond acceptors (Lipinski definition) is 5. The van der Waals surface area contributed by atoms with E-state index >= 15 is 0 Å². The predicted molar refractivity (Wildman–Crippen MR) is 99.6 cm³/mol. The molecule has 2 N–H and O–H groups in total. The first-order valence-corrected chi connectivity index (χ1v) is 7.90. The van der Waals surface area contributed by atoms with E-state index in [1.807, 2.05) is 0 Å². The molecule has 8 heteroatoms. The average molecular weight is 372 g/mol. The number of ether oxygens (including phenoxy) is 1. The van der Waals surface area contributed by atoms with Gasteiger partial charge >= 0.3 is 5.69 Å². The summed E-state index contributed by atoms with van der Waals surface area (Å²) in [7, 11) is 1.55. The van der Waals surface area contributed by atoms with Crippen molar-refractivity contribution in [2.45, 2.75) is 0 Å². The number of nitrogens with zero attached hydrogens (tertiary/aromatic N) is 2. The summed E-state index contributed by atoms with van der Waals surface area (Å²) in [6.45, 7) is 0. The Bertz CT molecular complexity index is 1080. The maximum atomic E-state index is 12.1. The lowest BCUT2D eigenvalue weighted by Crippen LogP contribution is -2.31. The van der Waals surface area contributed by atoms with Gasteiger partial charge in [-0.1, -0.05) is 17.7 Å². The van der Waals surface area contributed by atoms with Crippen molar-refractivity contribution >= 4 is 23.5 Å². The first-order valence-electron chi connectivity index (χ1n) is 7.52. The van der Waals surface area contributed by atoms with E-state index in [-0.39, 0.29) is 5.56 Å². The highest BCUT2D eigenvalue weighted by atomic mass is 35.5. The van der Waals surface area contributed by atoms with Crippen molar-refractivity contribution in [1.82, 2.24) is 9.55 Å². The van der Waals surface area contributed by atoms with Crippen molar-refractivity contribution in [3.63, 3.8) is 0 Å². The number of halogens is 1. The third kappa shape index (κ3) is 3.52. The summed E-state index contributed by atoms with van der Waals surface area (Å²) in [6, 6.07) is 13.1. The summed E-state index contributed by atoms with van der Waals surface area (Å²) < 4.78 is 6.01. The highest BCUT2D eigenvalue weighted by molar-refractivity contribution is 6.30. The number of rotatable bonds is 4. The second kappa shape index (κ2) is 7.28. The SMILES string of the molecule is COc1ccc(N=Cc2c(O)n(-c3cccc(Cl)c3)c(=O)[nH]c2=O)cc1. The van der Waals surface area contributed by atoms with Gasteiger partial charge in [-0.15, -0.1) is 0 Å². The second-order valence-corrected chi connectivity index (χ2v) is 5.70. The van der Waals surface area contributed by atoms with Crippen LogP contribution in [0, 0.1) is 0 Å². The van der Waals surface area contributed by atoms with Crippen molar-refractivity contribution < 1.29 is 9.84 Å². The Morgan fingerprint density at radius 2 is 1.92 bits per heavy atom. The van der Waals surface area contributed by atoms with E-state index in [0.29, 0.717) is 22.1 Å². The third-order valence-corrected chi connectivity index (χ3v) is 3.84. The average Bonchev–Trinajstić information content (AvgIpc) is 2.62. The lowest BCUT2D eigenvalue weighted by atomic mass is 10.2. The molecule has 0 radical (unpaired) electrons. The number of aromatic nitrogens is 2. The van der Waals surface area contributed by atoms with Crippen molar-refractivity contribution in [2.24, 2.45) is 4.99 Å². The van der Waals surface area contributed by atoms with Gasteiger partial charge in [0.05, 0.1) is 18.5 Å². The van der Waals surface area contributed by atoms with Crippen LogP contribution in [0.4, 0.5) is 5.69 Å². The van der Waals surface area contributed by atoms with Gasteiger partial charge in [0.1, 0.15) is 11.3 Å². The molecule has 1 heterocycles. The zero-order valence-electron chi connectivity index (χ0n) is 13.6. The minimum absolute atomic E-state index is 0.152. The van der Waals surface area contributed by atoms with E-state index in [0.717, 1.165) is 4.57 Å². The molecule has 0 bridgehead atoms. The molecular weight excluding hydrogens is 358 g/mol. The van der Waals surface area contributed by atoms with Crippen LogP contribution in [0.25, 0.3) is 5.69 Å². The van der Waals surface area contributed by atoms with Crippen LogP contribution in [0.1, 0.15) is 5.56 Å². The molecule has 2 aromatic carbocycles. The summed E-state index contributed by atoms with van der Waals surface area (Å²) in [6.07, 6.45) is 1.19. The smallest absolute Gasteiger partial charge is 0.335 e. The first-order chi connectivity index (χ1) is 12.5. The van der Waals surface area contributed by atoms with Gasteiger partial charge in [0.15, 0.2) is 0 Å². The summed E-state index contributed by atoms with van der Waals surface area (Å²) >= 11 is 5.93. The van der Waals surface area contributed by atoms with Gasteiger partial charge in [0.25, 0.3) is 5.56 Å². The molecule has 0 spiro atoms. The Labute approximate surface area is 152 Å². The summed E-state index contributed by atoms with van der Waals surface area (Å²) in [4.78, 5) is 30.5. The van der Waals surface area contributed by atoms with Crippen molar-refractivity contribution in [3.05, 3.63) is 80.0 Å². The quantitative estimate of drug-likeness (QED) is 0.689. The molecule has 0 saturated heterocycles. The van der Waals surface area contributed by atoms with Crippen LogP contribution in [0.3, 0.4) is 0 Å². The van der Waals surface area contributed by atoms with Crippen LogP contribution in [-0.4, -0.2) is 28.0 Å². The highest BCUT2D eigenvalue weighted by Crippen LogP contribution is 2.20. The van der Waals surface area contributed by atoms with Gasteiger partial charge in [-0.25, -0.2) is 9.36 Å². The maximum absolute atomic E-state index is 12.1. The molecule has 0 aliphatic rings. The molecular formula is C18H14ClN3O4. The topological polar surface area (TPSA) is 96.7 Å². The van der Waals surface area contributed by atoms with E-state index in [1.165, 1.54) is 12.3 Å². The summed E-state index contributed by atoms with van der Waals surface area (Å²) in [5, 5.41) is 10.8. The molecule has 0 amide bonds. The van der Waals surface area contributed by atoms with Gasteiger partial charge in [0, 0.05) is 11.2 Å². The lowest BCUT2D eigenvalue weighted by molar-refractivity contribution is 0.415. The number of aromatic hydroxyl groups is 1. The number of methoxy groups -OCH3 is 1. The van der Waals surface area contributed by atoms with Crippen LogP contribution in [-0.2, 0) is 0 Å². The standard InChI is InChI=1S/C18H14ClN3O4/c1-26-14-7-5-12(6-8-14)20-10-15-16(23)21-18(25)22(17(15)24)13-4-2-3-11(19)9-13/h2-10,24H,1H3,(H,21,23,25). The van der Waals surface area contributed by atoms with Crippen molar-refractivity contribution in [2.75, 3.05) is 7.11 Å². The van der Waals surface area contributed by atoms with Gasteiger partial charge in [-0.05, 0) is 42.5 Å². The molecule has 7 nitrogen and oxygen atoms in total. The second-order valence-electron chi connectivity index (χ2n) is 5.27. The molecule has 0 fully saturated rings. The van der Waals surface area contributed by atoms with E-state index in [2.05, 4.69) is 9.98 Å². The Morgan fingerprint density at radius 1 is 1.19 bits per heavy atom. The third-order valence-electron chi connectivity index (χ3n) is 3.60. The Kier molecular flexibility index (Phi) is 4.90. The molecule has 26 heavy (non-hydrogen) atoms. The fourth-order valence-electron chi connectivity index (χ4n) is 2.32. The van der Waals surface area contributed by atoms with E-state index in [9.17, 15) is 14.7 Å². The van der Waals surface area contributed by atoms with Crippen LogP contribution in [0.15, 0.2) is 63.1 Å². The monoisotopic (exact) mass is 371 g/mol. The molecule has 3 aromatic rings. The zero-order chi connectivity index (χ0) is 18.7. The number of aromatic amines is 1. The molecule has 0 aliphatic heterocycles. The minimum Gasteiger partial charge on any atom is -0.497 e. The van der Waals surface area contributed by atoms with Gasteiger partial charge in [-0.3, -0.25) is 14.8 Å². The van der Waals surface area contributed by atoms with E-state index < -0.39 is 17.1 Å². The van der Waals surface area contributed by atoms with E-state index in [4.69, 9.17) is 16.3 Å². The van der Waals surface area contributed by atoms with Gasteiger partial charge < -0.3 is 9.84 Å². The molecule has 0 atom stereocenters. The fourth-order valence-corrected chi connectivity index (χ4v) is 2.50. The number of hydrogen-bond donors (Lipinski definition) is 2. The molecule has 0 unspecified atom stereocenters. The minimum atomic E-state index is -0.781. The number of benzene rings is 2. The van der Waals surface area contributed by atoms with Crippen LogP contribution in [0.2, 0.25) is 5.02 Å². The molecule has 3 rings (SSSR count). The fraction of sp³-hybridized carbons (Fsp3) is 0.0556. The highest BCUT2D eigenvalue weighted by Gasteiger charge is 2.14. The number of nitrogens with one attached hydrogen (secondary N) is 1. The number of H-pyrrole nitrogens is 1. The maximum Gasteiger partial charge on any atom is 0.335 e. The largest absolute Gasteiger partial charge is 0.497 e. The van der Waals surface area contributed by atoms with Crippen molar-refractivity contribution in [3.8, 4) is 17.3 Å². The van der Waals surface area contributed by atoms with Gasteiger partial charge in [-0.2, -0.15) is 0 Å². The normalized spacial score (nSPS) is 11.0. The van der Waals surface area contributed by atoms with Crippen LogP contribution < -0.4 is 16.0 Å². The Morgan fingerprint density at radius 3 is 2.58 bits per heavy atom. The molecule has 0 saturated carbocycles. The number of aliphatic imine (C=N–C) groups is 1. The van der Waals surface area contributed by atoms with Crippen LogP contribution in [0.5, 0.6) is 11.6 Å². The predicted octanol–water partition coefficient (Wildman–Crippen LogP) is 2.64.